The van der Waals surface area contributed by atoms with Gasteiger partial charge in [0, 0.05) is 38.6 Å². The highest BCUT2D eigenvalue weighted by atomic mass is 19.1. The summed E-state index contributed by atoms with van der Waals surface area (Å²) in [6.07, 6.45) is 3.68. The quantitative estimate of drug-likeness (QED) is 0.927. The molecule has 0 spiro atoms. The van der Waals surface area contributed by atoms with E-state index in [1.807, 2.05) is 24.4 Å². The van der Waals surface area contributed by atoms with Gasteiger partial charge < -0.3 is 5.32 Å². The molecule has 3 nitrogen and oxygen atoms in total. The van der Waals surface area contributed by atoms with Gasteiger partial charge in [0.25, 0.3) is 0 Å². The van der Waals surface area contributed by atoms with Crippen molar-refractivity contribution in [1.82, 2.24) is 15.2 Å². The van der Waals surface area contributed by atoms with Crippen molar-refractivity contribution in [3.8, 4) is 0 Å². The van der Waals surface area contributed by atoms with Crippen molar-refractivity contribution in [3.05, 3.63) is 65.7 Å². The van der Waals surface area contributed by atoms with E-state index in [4.69, 9.17) is 0 Å². The Morgan fingerprint density at radius 1 is 1.05 bits per heavy atom. The van der Waals surface area contributed by atoms with Crippen LogP contribution in [0.1, 0.15) is 17.2 Å². The molecule has 0 amide bonds. The molecule has 3 rings (SSSR count). The van der Waals surface area contributed by atoms with Crippen LogP contribution in [0.5, 0.6) is 0 Å². The minimum absolute atomic E-state index is 0.145. The Balaban J connectivity index is 1.96. The lowest BCUT2D eigenvalue weighted by atomic mass is 9.98. The molecule has 1 aliphatic rings. The lowest BCUT2D eigenvalue weighted by molar-refractivity contribution is 0.198. The average molecular weight is 271 g/mol. The van der Waals surface area contributed by atoms with Crippen LogP contribution in [0.15, 0.2) is 48.8 Å². The lowest BCUT2D eigenvalue weighted by Crippen LogP contribution is -2.45. The largest absolute Gasteiger partial charge is 0.314 e. The first-order valence-electron chi connectivity index (χ1n) is 6.95. The first kappa shape index (κ1) is 13.2. The van der Waals surface area contributed by atoms with E-state index >= 15 is 0 Å². The number of rotatable bonds is 3. The fourth-order valence-electron chi connectivity index (χ4n) is 2.74. The number of piperazine rings is 1. The Kier molecular flexibility index (Phi) is 4.04. The summed E-state index contributed by atoms with van der Waals surface area (Å²) in [6, 6.07) is 11.0. The van der Waals surface area contributed by atoms with Crippen molar-refractivity contribution in [2.45, 2.75) is 6.04 Å². The van der Waals surface area contributed by atoms with Crippen molar-refractivity contribution in [2.24, 2.45) is 0 Å². The maximum absolute atomic E-state index is 13.2. The van der Waals surface area contributed by atoms with Gasteiger partial charge in [0.1, 0.15) is 5.82 Å². The summed E-state index contributed by atoms with van der Waals surface area (Å²) in [7, 11) is 0. The van der Waals surface area contributed by atoms with Crippen LogP contribution in [0, 0.1) is 5.82 Å². The predicted molar refractivity (Wildman–Crippen MR) is 76.9 cm³/mol. The number of hydrogen-bond acceptors (Lipinski definition) is 3. The van der Waals surface area contributed by atoms with Gasteiger partial charge in [-0.2, -0.15) is 0 Å². The topological polar surface area (TPSA) is 28.2 Å². The Morgan fingerprint density at radius 2 is 1.80 bits per heavy atom. The highest BCUT2D eigenvalue weighted by Gasteiger charge is 2.23. The fourth-order valence-corrected chi connectivity index (χ4v) is 2.74. The van der Waals surface area contributed by atoms with Crippen LogP contribution in [-0.2, 0) is 0 Å². The van der Waals surface area contributed by atoms with Gasteiger partial charge in [-0.15, -0.1) is 0 Å². The van der Waals surface area contributed by atoms with Gasteiger partial charge in [0.05, 0.1) is 6.04 Å². The molecule has 1 aromatic carbocycles. The second kappa shape index (κ2) is 6.11. The van der Waals surface area contributed by atoms with E-state index in [0.717, 1.165) is 37.3 Å². The summed E-state index contributed by atoms with van der Waals surface area (Å²) < 4.78 is 13.2. The minimum atomic E-state index is -0.195. The third-order valence-corrected chi connectivity index (χ3v) is 3.70. The molecule has 1 atom stereocenters. The normalized spacial score (nSPS) is 17.9. The smallest absolute Gasteiger partial charge is 0.123 e. The summed E-state index contributed by atoms with van der Waals surface area (Å²) in [6.45, 7) is 3.93. The van der Waals surface area contributed by atoms with E-state index in [9.17, 15) is 4.39 Å². The molecular formula is C16H18FN3. The van der Waals surface area contributed by atoms with Gasteiger partial charge in [0.2, 0.25) is 0 Å². The molecule has 1 saturated heterocycles. The van der Waals surface area contributed by atoms with Gasteiger partial charge >= 0.3 is 0 Å². The zero-order chi connectivity index (χ0) is 13.8. The molecule has 0 aliphatic carbocycles. The lowest BCUT2D eigenvalue weighted by Gasteiger charge is -2.35. The summed E-state index contributed by atoms with van der Waals surface area (Å²) in [5.74, 6) is -0.195. The van der Waals surface area contributed by atoms with E-state index in [1.54, 1.807) is 6.20 Å². The maximum Gasteiger partial charge on any atom is 0.123 e. The van der Waals surface area contributed by atoms with E-state index in [0.29, 0.717) is 0 Å². The van der Waals surface area contributed by atoms with E-state index in [-0.39, 0.29) is 11.9 Å². The molecule has 20 heavy (non-hydrogen) atoms. The first-order valence-corrected chi connectivity index (χ1v) is 6.95. The van der Waals surface area contributed by atoms with Crippen LogP contribution in [0.25, 0.3) is 0 Å². The molecule has 0 bridgehead atoms. The Bertz CT molecular complexity index is 535. The second-order valence-corrected chi connectivity index (χ2v) is 5.03. The molecule has 4 heteroatoms. The molecule has 104 valence electrons. The zero-order valence-corrected chi connectivity index (χ0v) is 11.3. The third kappa shape index (κ3) is 2.86. The highest BCUT2D eigenvalue weighted by Crippen LogP contribution is 2.28. The molecule has 1 unspecified atom stereocenters. The van der Waals surface area contributed by atoms with Crippen LogP contribution < -0.4 is 5.32 Å². The van der Waals surface area contributed by atoms with Crippen LogP contribution >= 0.6 is 0 Å². The number of aromatic nitrogens is 1. The molecule has 1 aromatic heterocycles. The zero-order valence-electron chi connectivity index (χ0n) is 11.3. The molecule has 2 heterocycles. The summed E-state index contributed by atoms with van der Waals surface area (Å²) in [5, 5.41) is 3.36. The third-order valence-electron chi connectivity index (χ3n) is 3.70. The Labute approximate surface area is 118 Å². The number of benzene rings is 1. The van der Waals surface area contributed by atoms with Gasteiger partial charge in [-0.05, 0) is 29.3 Å². The molecule has 1 fully saturated rings. The van der Waals surface area contributed by atoms with Crippen LogP contribution in [0.2, 0.25) is 0 Å². The monoisotopic (exact) mass is 271 g/mol. The van der Waals surface area contributed by atoms with Gasteiger partial charge in [-0.3, -0.25) is 9.88 Å². The maximum atomic E-state index is 13.2. The number of nitrogens with one attached hydrogen (secondary N) is 1. The molecule has 0 saturated carbocycles. The number of pyridine rings is 1. The molecular weight excluding hydrogens is 253 g/mol. The number of halogens is 1. The van der Waals surface area contributed by atoms with Crippen LogP contribution in [0.3, 0.4) is 0 Å². The Hall–Kier alpha value is -1.78. The standard InChI is InChI=1S/C16H18FN3/c17-15-5-3-13(4-6-15)16(14-2-1-7-19-12-14)20-10-8-18-9-11-20/h1-7,12,16,18H,8-11H2. The average Bonchev–Trinajstić information content (AvgIpc) is 2.52. The second-order valence-electron chi connectivity index (χ2n) is 5.03. The summed E-state index contributed by atoms with van der Waals surface area (Å²) in [4.78, 5) is 6.64. The van der Waals surface area contributed by atoms with Crippen LogP contribution in [0.4, 0.5) is 4.39 Å². The van der Waals surface area contributed by atoms with Crippen molar-refractivity contribution >= 4 is 0 Å². The minimum Gasteiger partial charge on any atom is -0.314 e. The number of nitrogens with zero attached hydrogens (tertiary/aromatic N) is 2. The summed E-state index contributed by atoms with van der Waals surface area (Å²) in [5.41, 5.74) is 2.27. The van der Waals surface area contributed by atoms with Gasteiger partial charge in [-0.25, -0.2) is 4.39 Å². The molecule has 0 radical (unpaired) electrons. The van der Waals surface area contributed by atoms with Gasteiger partial charge in [-0.1, -0.05) is 18.2 Å². The van der Waals surface area contributed by atoms with Crippen molar-refractivity contribution in [3.63, 3.8) is 0 Å². The SMILES string of the molecule is Fc1ccc(C(c2cccnc2)N2CCNCC2)cc1. The molecule has 1 N–H and O–H groups in total. The summed E-state index contributed by atoms with van der Waals surface area (Å²) >= 11 is 0. The molecule has 2 aromatic rings. The highest BCUT2D eigenvalue weighted by molar-refractivity contribution is 5.30. The van der Waals surface area contributed by atoms with E-state index in [2.05, 4.69) is 21.3 Å². The van der Waals surface area contributed by atoms with Crippen molar-refractivity contribution in [1.29, 1.82) is 0 Å². The van der Waals surface area contributed by atoms with Crippen molar-refractivity contribution in [2.75, 3.05) is 26.2 Å². The number of hydrogen-bond donors (Lipinski definition) is 1. The van der Waals surface area contributed by atoms with Gasteiger partial charge in [0.15, 0.2) is 0 Å². The van der Waals surface area contributed by atoms with Crippen molar-refractivity contribution < 1.29 is 4.39 Å². The van der Waals surface area contributed by atoms with Crippen LogP contribution in [-0.4, -0.2) is 36.1 Å². The first-order chi connectivity index (χ1) is 9.84. The molecule has 1 aliphatic heterocycles. The Morgan fingerprint density at radius 3 is 2.45 bits per heavy atom. The fraction of sp³-hybridized carbons (Fsp3) is 0.312. The van der Waals surface area contributed by atoms with E-state index in [1.165, 1.54) is 12.1 Å². The predicted octanol–water partition coefficient (Wildman–Crippen LogP) is 2.22. The van der Waals surface area contributed by atoms with E-state index < -0.39 is 0 Å².